The van der Waals surface area contributed by atoms with Gasteiger partial charge < -0.3 is 14.3 Å². The number of benzene rings is 3. The van der Waals surface area contributed by atoms with Crippen LogP contribution in [0.2, 0.25) is 0 Å². The van der Waals surface area contributed by atoms with Gasteiger partial charge in [0.05, 0.1) is 19.1 Å². The summed E-state index contributed by atoms with van der Waals surface area (Å²) >= 11 is 0. The van der Waals surface area contributed by atoms with Crippen molar-refractivity contribution < 1.29 is 19.1 Å². The summed E-state index contributed by atoms with van der Waals surface area (Å²) in [7, 11) is -2.14. The van der Waals surface area contributed by atoms with E-state index in [1.165, 1.54) is 5.56 Å². The van der Waals surface area contributed by atoms with Gasteiger partial charge in [-0.3, -0.25) is 4.79 Å². The molecule has 0 aromatic heterocycles. The van der Waals surface area contributed by atoms with Crippen LogP contribution in [-0.2, 0) is 31.4 Å². The van der Waals surface area contributed by atoms with Crippen LogP contribution >= 0.6 is 0 Å². The number of fused-ring (bicyclic) bond motifs is 1. The van der Waals surface area contributed by atoms with Crippen LogP contribution in [0.4, 0.5) is 0 Å². The highest BCUT2D eigenvalue weighted by Crippen LogP contribution is 2.43. The highest BCUT2D eigenvalue weighted by Gasteiger charge is 2.47. The van der Waals surface area contributed by atoms with Gasteiger partial charge in [-0.2, -0.15) is 0 Å². The summed E-state index contributed by atoms with van der Waals surface area (Å²) in [5.41, 5.74) is 1.59. The molecular weight excluding hydrogens is 452 g/mol. The molecule has 0 saturated carbocycles. The Kier molecular flexibility index (Phi) is 7.60. The van der Waals surface area contributed by atoms with Crippen molar-refractivity contribution in [2.45, 2.75) is 64.1 Å². The first kappa shape index (κ1) is 25.4. The molecule has 2 unspecified atom stereocenters. The SMILES string of the molecule is CCOC(=O)CC1(O)c2cccc(C(C)(C)C)c2CCC1O[SiH](c1ccccc1)c1ccccc1. The van der Waals surface area contributed by atoms with Gasteiger partial charge in [0, 0.05) is 0 Å². The van der Waals surface area contributed by atoms with Crippen molar-refractivity contribution in [2.75, 3.05) is 6.61 Å². The molecule has 1 aliphatic carbocycles. The van der Waals surface area contributed by atoms with E-state index in [0.29, 0.717) is 6.42 Å². The molecule has 3 aromatic carbocycles. The van der Waals surface area contributed by atoms with Crippen LogP contribution in [-0.4, -0.2) is 32.8 Å². The molecule has 1 N–H and O–H groups in total. The maximum absolute atomic E-state index is 12.8. The second kappa shape index (κ2) is 10.5. The molecule has 0 radical (unpaired) electrons. The fourth-order valence-corrected chi connectivity index (χ4v) is 7.78. The standard InChI is InChI=1S/C30H36O4Si/c1-5-33-28(31)21-30(32)26-18-12-17-25(29(2,3)4)24(26)19-20-27(30)34-35(22-13-8-6-9-14-22)23-15-10-7-11-16-23/h6-18,27,32,35H,5,19-21H2,1-4H3. The first-order valence-electron chi connectivity index (χ1n) is 12.5. The largest absolute Gasteiger partial charge is 0.466 e. The summed E-state index contributed by atoms with van der Waals surface area (Å²) in [5.74, 6) is -0.407. The number of ether oxygens (including phenoxy) is 1. The third-order valence-electron chi connectivity index (χ3n) is 6.86. The van der Waals surface area contributed by atoms with Crippen molar-refractivity contribution in [3.63, 3.8) is 0 Å². The van der Waals surface area contributed by atoms with Gasteiger partial charge in [-0.25, -0.2) is 0 Å². The number of esters is 1. The first-order valence-corrected chi connectivity index (χ1v) is 14.1. The first-order chi connectivity index (χ1) is 16.7. The Hall–Kier alpha value is -2.73. The van der Waals surface area contributed by atoms with Crippen LogP contribution in [0.3, 0.4) is 0 Å². The monoisotopic (exact) mass is 488 g/mol. The fraction of sp³-hybridized carbons (Fsp3) is 0.367. The predicted octanol–water partition coefficient (Wildman–Crippen LogP) is 3.99. The van der Waals surface area contributed by atoms with Gasteiger partial charge in [-0.1, -0.05) is 99.6 Å². The number of aliphatic hydroxyl groups is 1. The number of carbonyl (C=O) groups is 1. The molecule has 1 aliphatic rings. The zero-order valence-corrected chi connectivity index (χ0v) is 22.3. The third kappa shape index (κ3) is 5.42. The summed E-state index contributed by atoms with van der Waals surface area (Å²) in [4.78, 5) is 12.8. The molecule has 3 aromatic rings. The Balaban J connectivity index is 1.79. The number of hydrogen-bond acceptors (Lipinski definition) is 4. The molecular formula is C30H36O4Si. The number of hydrogen-bond donors (Lipinski definition) is 1. The van der Waals surface area contributed by atoms with E-state index < -0.39 is 26.7 Å². The lowest BCUT2D eigenvalue weighted by Crippen LogP contribution is -2.55. The van der Waals surface area contributed by atoms with Crippen molar-refractivity contribution in [1.29, 1.82) is 0 Å². The normalized spacial score (nSPS) is 19.9. The summed E-state index contributed by atoms with van der Waals surface area (Å²) in [5, 5.41) is 14.6. The average Bonchev–Trinajstić information content (AvgIpc) is 2.84. The number of rotatable bonds is 7. The van der Waals surface area contributed by atoms with Crippen LogP contribution in [0, 0.1) is 0 Å². The molecule has 4 nitrogen and oxygen atoms in total. The van der Waals surface area contributed by atoms with Crippen molar-refractivity contribution in [3.05, 3.63) is 95.6 Å². The van der Waals surface area contributed by atoms with Gasteiger partial charge in [0.15, 0.2) is 0 Å². The van der Waals surface area contributed by atoms with Gasteiger partial charge in [-0.15, -0.1) is 0 Å². The van der Waals surface area contributed by atoms with Gasteiger partial charge in [0.2, 0.25) is 9.04 Å². The van der Waals surface area contributed by atoms with E-state index in [4.69, 9.17) is 9.16 Å². The lowest BCUT2D eigenvalue weighted by atomic mass is 9.70. The fourth-order valence-electron chi connectivity index (χ4n) is 5.24. The Bertz CT molecular complexity index is 1100. The van der Waals surface area contributed by atoms with Crippen molar-refractivity contribution >= 4 is 25.4 Å². The van der Waals surface area contributed by atoms with Crippen molar-refractivity contribution in [3.8, 4) is 0 Å². The Morgan fingerprint density at radius 3 is 2.11 bits per heavy atom. The smallest absolute Gasteiger partial charge is 0.309 e. The molecule has 4 rings (SSSR count). The summed E-state index contributed by atoms with van der Waals surface area (Å²) in [6.07, 6.45) is 0.783. The van der Waals surface area contributed by atoms with Crippen LogP contribution in [0.1, 0.15) is 57.2 Å². The Morgan fingerprint density at radius 1 is 0.971 bits per heavy atom. The molecule has 0 bridgehead atoms. The van der Waals surface area contributed by atoms with E-state index in [2.05, 4.69) is 51.1 Å². The Labute approximate surface area is 210 Å². The molecule has 0 fully saturated rings. The molecule has 0 spiro atoms. The van der Waals surface area contributed by atoms with Crippen LogP contribution in [0.15, 0.2) is 78.9 Å². The maximum atomic E-state index is 12.8. The Morgan fingerprint density at radius 2 is 1.57 bits per heavy atom. The molecule has 184 valence electrons. The summed E-state index contributed by atoms with van der Waals surface area (Å²) in [6.45, 7) is 8.62. The minimum absolute atomic E-state index is 0.0742. The minimum Gasteiger partial charge on any atom is -0.466 e. The zero-order chi connectivity index (χ0) is 25.1. The second-order valence-electron chi connectivity index (χ2n) is 10.4. The number of carbonyl (C=O) groups excluding carboxylic acids is 1. The molecule has 0 saturated heterocycles. The van der Waals surface area contributed by atoms with Crippen molar-refractivity contribution in [2.24, 2.45) is 0 Å². The van der Waals surface area contributed by atoms with Crippen LogP contribution in [0.25, 0.3) is 0 Å². The van der Waals surface area contributed by atoms with E-state index in [-0.39, 0.29) is 18.4 Å². The lowest BCUT2D eigenvalue weighted by Gasteiger charge is -2.44. The van der Waals surface area contributed by atoms with Gasteiger partial charge >= 0.3 is 5.97 Å². The lowest BCUT2D eigenvalue weighted by molar-refractivity contribution is -0.156. The van der Waals surface area contributed by atoms with E-state index in [1.807, 2.05) is 48.5 Å². The molecule has 0 aliphatic heterocycles. The van der Waals surface area contributed by atoms with Crippen LogP contribution in [0.5, 0.6) is 0 Å². The van der Waals surface area contributed by atoms with Gasteiger partial charge in [0.25, 0.3) is 0 Å². The average molecular weight is 489 g/mol. The highest BCUT2D eigenvalue weighted by atomic mass is 28.3. The third-order valence-corrected chi connectivity index (χ3v) is 9.45. The quantitative estimate of drug-likeness (QED) is 0.404. The molecule has 0 amide bonds. The molecule has 35 heavy (non-hydrogen) atoms. The van der Waals surface area contributed by atoms with E-state index in [9.17, 15) is 9.90 Å². The van der Waals surface area contributed by atoms with E-state index >= 15 is 0 Å². The zero-order valence-electron chi connectivity index (χ0n) is 21.2. The second-order valence-corrected chi connectivity index (χ2v) is 12.7. The molecule has 0 heterocycles. The van der Waals surface area contributed by atoms with E-state index in [0.717, 1.165) is 27.9 Å². The highest BCUT2D eigenvalue weighted by molar-refractivity contribution is 6.80. The minimum atomic E-state index is -2.14. The topological polar surface area (TPSA) is 55.8 Å². The van der Waals surface area contributed by atoms with Crippen LogP contribution < -0.4 is 10.4 Å². The molecule has 2 atom stereocenters. The van der Waals surface area contributed by atoms with E-state index in [1.54, 1.807) is 6.92 Å². The maximum Gasteiger partial charge on any atom is 0.309 e. The van der Waals surface area contributed by atoms with Crippen molar-refractivity contribution in [1.82, 2.24) is 0 Å². The summed E-state index contributed by atoms with van der Waals surface area (Å²) < 4.78 is 12.2. The van der Waals surface area contributed by atoms with Gasteiger partial charge in [0.1, 0.15) is 5.60 Å². The van der Waals surface area contributed by atoms with Gasteiger partial charge in [-0.05, 0) is 52.2 Å². The summed E-state index contributed by atoms with van der Waals surface area (Å²) in [6, 6.07) is 26.6. The predicted molar refractivity (Wildman–Crippen MR) is 143 cm³/mol. The molecule has 5 heteroatoms.